The van der Waals surface area contributed by atoms with Gasteiger partial charge >= 0.3 is 0 Å². The van der Waals surface area contributed by atoms with Gasteiger partial charge in [0.15, 0.2) is 5.60 Å². The van der Waals surface area contributed by atoms with Crippen LogP contribution in [0.4, 0.5) is 0 Å². The summed E-state index contributed by atoms with van der Waals surface area (Å²) >= 11 is 0. The molecular formula is C16H25N3O4S. The van der Waals surface area contributed by atoms with Crippen molar-refractivity contribution in [1.29, 1.82) is 0 Å². The van der Waals surface area contributed by atoms with E-state index in [0.717, 1.165) is 11.8 Å². The van der Waals surface area contributed by atoms with Crippen molar-refractivity contribution in [2.45, 2.75) is 25.4 Å². The zero-order valence-electron chi connectivity index (χ0n) is 14.1. The largest absolute Gasteiger partial charge is 0.477 e. The first-order valence-corrected chi connectivity index (χ1v) is 9.89. The van der Waals surface area contributed by atoms with E-state index in [-0.39, 0.29) is 19.0 Å². The SMILES string of the molecule is Cc1ccc(OC2(C(=O)NCCNS(C)(=O)=O)CCNCC2)cc1. The minimum absolute atomic E-state index is 0.156. The molecule has 24 heavy (non-hydrogen) atoms. The molecule has 1 saturated heterocycles. The van der Waals surface area contributed by atoms with Crippen LogP contribution in [0.3, 0.4) is 0 Å². The maximum Gasteiger partial charge on any atom is 0.264 e. The summed E-state index contributed by atoms with van der Waals surface area (Å²) in [5.74, 6) is 0.451. The van der Waals surface area contributed by atoms with Gasteiger partial charge in [-0.1, -0.05) is 17.7 Å². The van der Waals surface area contributed by atoms with Crippen LogP contribution < -0.4 is 20.1 Å². The Morgan fingerprint density at radius 3 is 2.42 bits per heavy atom. The molecule has 1 aliphatic heterocycles. The van der Waals surface area contributed by atoms with Gasteiger partial charge in [-0.25, -0.2) is 13.1 Å². The summed E-state index contributed by atoms with van der Waals surface area (Å²) in [6, 6.07) is 7.60. The van der Waals surface area contributed by atoms with Crippen molar-refractivity contribution >= 4 is 15.9 Å². The first-order valence-electron chi connectivity index (χ1n) is 8.00. The first kappa shape index (κ1) is 18.7. The molecule has 0 spiro atoms. The lowest BCUT2D eigenvalue weighted by atomic mass is 9.91. The highest BCUT2D eigenvalue weighted by atomic mass is 32.2. The van der Waals surface area contributed by atoms with E-state index in [4.69, 9.17) is 4.74 Å². The smallest absolute Gasteiger partial charge is 0.264 e. The van der Waals surface area contributed by atoms with Crippen molar-refractivity contribution in [3.05, 3.63) is 29.8 Å². The van der Waals surface area contributed by atoms with Gasteiger partial charge in [0.05, 0.1) is 6.26 Å². The highest BCUT2D eigenvalue weighted by Crippen LogP contribution is 2.27. The van der Waals surface area contributed by atoms with Gasteiger partial charge in [-0.15, -0.1) is 0 Å². The Labute approximate surface area is 143 Å². The van der Waals surface area contributed by atoms with E-state index < -0.39 is 15.6 Å². The number of carbonyl (C=O) groups is 1. The van der Waals surface area contributed by atoms with Crippen molar-refractivity contribution in [2.75, 3.05) is 32.4 Å². The Morgan fingerprint density at radius 1 is 1.21 bits per heavy atom. The van der Waals surface area contributed by atoms with Gasteiger partial charge in [-0.2, -0.15) is 0 Å². The van der Waals surface area contributed by atoms with Gasteiger partial charge in [0.25, 0.3) is 5.91 Å². The molecule has 2 rings (SSSR count). The predicted octanol–water partition coefficient (Wildman–Crippen LogP) is 0.161. The number of rotatable bonds is 7. The molecule has 1 heterocycles. The molecule has 1 aliphatic rings. The molecule has 7 nitrogen and oxygen atoms in total. The molecule has 0 atom stereocenters. The third kappa shape index (κ3) is 5.47. The van der Waals surface area contributed by atoms with E-state index in [9.17, 15) is 13.2 Å². The normalized spacial score (nSPS) is 17.2. The van der Waals surface area contributed by atoms with Gasteiger partial charge in [-0.05, 0) is 32.1 Å². The Bertz CT molecular complexity index is 652. The number of hydrogen-bond acceptors (Lipinski definition) is 5. The Morgan fingerprint density at radius 2 is 1.83 bits per heavy atom. The molecule has 0 aliphatic carbocycles. The fourth-order valence-corrected chi connectivity index (χ4v) is 3.08. The summed E-state index contributed by atoms with van der Waals surface area (Å²) in [5, 5.41) is 6.00. The van der Waals surface area contributed by atoms with Crippen molar-refractivity contribution in [3.8, 4) is 5.75 Å². The summed E-state index contributed by atoms with van der Waals surface area (Å²) in [4.78, 5) is 12.7. The number of aryl methyl sites for hydroxylation is 1. The highest BCUT2D eigenvalue weighted by Gasteiger charge is 2.41. The lowest BCUT2D eigenvalue weighted by Gasteiger charge is -2.36. The maximum atomic E-state index is 12.7. The number of ether oxygens (including phenoxy) is 1. The molecule has 1 amide bonds. The molecule has 0 bridgehead atoms. The second-order valence-electron chi connectivity index (χ2n) is 6.08. The van der Waals surface area contributed by atoms with Gasteiger partial charge in [0, 0.05) is 25.9 Å². The number of hydrogen-bond donors (Lipinski definition) is 3. The third-order valence-corrected chi connectivity index (χ3v) is 4.66. The van der Waals surface area contributed by atoms with Crippen LogP contribution in [0, 0.1) is 6.92 Å². The van der Waals surface area contributed by atoms with Crippen molar-refractivity contribution in [1.82, 2.24) is 15.4 Å². The summed E-state index contributed by atoms with van der Waals surface area (Å²) in [5.41, 5.74) is 0.198. The van der Waals surface area contributed by atoms with Crippen molar-refractivity contribution < 1.29 is 17.9 Å². The first-order chi connectivity index (χ1) is 11.3. The average molecular weight is 355 g/mol. The fourth-order valence-electron chi connectivity index (χ4n) is 2.61. The predicted molar refractivity (Wildman–Crippen MR) is 92.5 cm³/mol. The topological polar surface area (TPSA) is 96.5 Å². The van der Waals surface area contributed by atoms with Crippen molar-refractivity contribution in [3.63, 3.8) is 0 Å². The third-order valence-electron chi connectivity index (χ3n) is 3.93. The van der Waals surface area contributed by atoms with Gasteiger partial charge in [-0.3, -0.25) is 4.79 Å². The van der Waals surface area contributed by atoms with Crippen LogP contribution in [0.1, 0.15) is 18.4 Å². The summed E-state index contributed by atoms with van der Waals surface area (Å²) in [6.07, 6.45) is 2.21. The fraction of sp³-hybridized carbons (Fsp3) is 0.562. The van der Waals surface area contributed by atoms with Gasteiger partial charge < -0.3 is 15.4 Å². The molecule has 3 N–H and O–H groups in total. The molecule has 8 heteroatoms. The van der Waals surface area contributed by atoms with Crippen LogP contribution in [-0.2, 0) is 14.8 Å². The second-order valence-corrected chi connectivity index (χ2v) is 7.91. The number of sulfonamides is 1. The van der Waals surface area contributed by atoms with E-state index in [1.165, 1.54) is 0 Å². The Kier molecular flexibility index (Phi) is 6.20. The number of amides is 1. The standard InChI is InChI=1S/C16H25N3O4S/c1-13-3-5-14(6-4-13)23-16(7-9-17-10-8-16)15(20)18-11-12-19-24(2,21)22/h3-6,17,19H,7-12H2,1-2H3,(H,18,20). The van der Waals surface area contributed by atoms with Crippen LogP contribution in [0.5, 0.6) is 5.75 Å². The van der Waals surface area contributed by atoms with Gasteiger partial charge in [0.1, 0.15) is 5.75 Å². The Balaban J connectivity index is 2.00. The molecule has 1 fully saturated rings. The second kappa shape index (κ2) is 7.96. The van der Waals surface area contributed by atoms with Gasteiger partial charge in [0.2, 0.25) is 10.0 Å². The lowest BCUT2D eigenvalue weighted by Crippen LogP contribution is -2.57. The number of piperidine rings is 1. The molecule has 1 aromatic rings. The zero-order chi connectivity index (χ0) is 17.6. The maximum absolute atomic E-state index is 12.7. The van der Waals surface area contributed by atoms with E-state index in [2.05, 4.69) is 15.4 Å². The van der Waals surface area contributed by atoms with E-state index in [1.807, 2.05) is 31.2 Å². The molecule has 134 valence electrons. The average Bonchev–Trinajstić information content (AvgIpc) is 2.53. The van der Waals surface area contributed by atoms with E-state index in [1.54, 1.807) is 0 Å². The summed E-state index contributed by atoms with van der Waals surface area (Å²) in [6.45, 7) is 3.76. The minimum Gasteiger partial charge on any atom is -0.477 e. The Hall–Kier alpha value is -1.64. The van der Waals surface area contributed by atoms with Crippen LogP contribution >= 0.6 is 0 Å². The molecule has 0 unspecified atom stereocenters. The zero-order valence-corrected chi connectivity index (χ0v) is 14.9. The molecule has 0 radical (unpaired) electrons. The van der Waals surface area contributed by atoms with Crippen LogP contribution in [-0.4, -0.2) is 52.4 Å². The number of nitrogens with one attached hydrogen (secondary N) is 3. The monoisotopic (exact) mass is 355 g/mol. The molecular weight excluding hydrogens is 330 g/mol. The van der Waals surface area contributed by atoms with Crippen LogP contribution in [0.15, 0.2) is 24.3 Å². The molecule has 1 aromatic carbocycles. The van der Waals surface area contributed by atoms with Crippen LogP contribution in [0.2, 0.25) is 0 Å². The summed E-state index contributed by atoms with van der Waals surface area (Å²) < 4.78 is 30.5. The number of benzene rings is 1. The molecule has 0 aromatic heterocycles. The summed E-state index contributed by atoms with van der Waals surface area (Å²) in [7, 11) is -3.26. The van der Waals surface area contributed by atoms with Crippen LogP contribution in [0.25, 0.3) is 0 Å². The van der Waals surface area contributed by atoms with Crippen molar-refractivity contribution in [2.24, 2.45) is 0 Å². The number of carbonyl (C=O) groups excluding carboxylic acids is 1. The minimum atomic E-state index is -3.26. The molecule has 0 saturated carbocycles. The van der Waals surface area contributed by atoms with E-state index in [0.29, 0.717) is 31.7 Å². The lowest BCUT2D eigenvalue weighted by molar-refractivity contribution is -0.139. The van der Waals surface area contributed by atoms with E-state index >= 15 is 0 Å². The highest BCUT2D eigenvalue weighted by molar-refractivity contribution is 7.88. The quantitative estimate of drug-likeness (QED) is 0.606.